The summed E-state index contributed by atoms with van der Waals surface area (Å²) in [6, 6.07) is 7.48. The monoisotopic (exact) mass is 513 g/mol. The summed E-state index contributed by atoms with van der Waals surface area (Å²) in [7, 11) is 1.51. The van der Waals surface area contributed by atoms with Crippen LogP contribution in [0.3, 0.4) is 0 Å². The molecule has 3 atom stereocenters. The lowest BCUT2D eigenvalue weighted by atomic mass is 10.1. The van der Waals surface area contributed by atoms with Crippen LogP contribution in [-0.2, 0) is 9.47 Å². The van der Waals surface area contributed by atoms with E-state index in [2.05, 4.69) is 15.0 Å². The SMILES string of the molecule is COc1ccc(C(=O)O[C@H]2C[C@H](n3ccc(=O)[nH]c3=O)O[C@@]2(CI)N=[N+]=[N-])cc1. The van der Waals surface area contributed by atoms with E-state index < -0.39 is 35.3 Å². The molecule has 0 spiro atoms. The zero-order valence-electron chi connectivity index (χ0n) is 15.1. The third-order valence-corrected chi connectivity index (χ3v) is 5.49. The van der Waals surface area contributed by atoms with E-state index in [4.69, 9.17) is 19.7 Å². The van der Waals surface area contributed by atoms with E-state index in [0.717, 1.165) is 4.57 Å². The molecule has 1 aromatic heterocycles. The summed E-state index contributed by atoms with van der Waals surface area (Å²) < 4.78 is 17.8. The molecule has 1 aliphatic rings. The van der Waals surface area contributed by atoms with Gasteiger partial charge in [-0.15, -0.1) is 0 Å². The molecular weight excluding hydrogens is 497 g/mol. The number of hydrogen-bond donors (Lipinski definition) is 1. The molecule has 1 saturated heterocycles. The van der Waals surface area contributed by atoms with Gasteiger partial charge in [0.25, 0.3) is 5.56 Å². The molecule has 0 aliphatic carbocycles. The first-order valence-corrected chi connectivity index (χ1v) is 9.91. The van der Waals surface area contributed by atoms with Crippen LogP contribution in [-0.4, -0.2) is 38.9 Å². The molecule has 2 heterocycles. The van der Waals surface area contributed by atoms with Crippen LogP contribution < -0.4 is 16.0 Å². The van der Waals surface area contributed by atoms with Crippen LogP contribution in [0.15, 0.2) is 51.2 Å². The van der Waals surface area contributed by atoms with Crippen molar-refractivity contribution in [1.82, 2.24) is 9.55 Å². The number of carbonyl (C=O) groups excluding carboxylic acids is 1. The number of aromatic amines is 1. The second kappa shape index (κ2) is 8.68. The number of alkyl halides is 1. The highest BCUT2D eigenvalue weighted by Gasteiger charge is 2.51. The molecule has 11 nitrogen and oxygen atoms in total. The van der Waals surface area contributed by atoms with Gasteiger partial charge in [0.15, 0.2) is 5.72 Å². The fourth-order valence-corrected chi connectivity index (χ4v) is 3.75. The van der Waals surface area contributed by atoms with Crippen LogP contribution in [0.25, 0.3) is 10.4 Å². The van der Waals surface area contributed by atoms with Gasteiger partial charge in [0.1, 0.15) is 18.1 Å². The smallest absolute Gasteiger partial charge is 0.338 e. The molecular formula is C17H16IN5O6. The number of azide groups is 1. The molecule has 1 aliphatic heterocycles. The maximum atomic E-state index is 12.6. The number of hydrogen-bond acceptors (Lipinski definition) is 7. The first kappa shape index (κ1) is 20.9. The number of esters is 1. The number of ether oxygens (including phenoxy) is 3. The highest BCUT2D eigenvalue weighted by Crippen LogP contribution is 2.41. The highest BCUT2D eigenvalue weighted by atomic mass is 127. The molecule has 1 N–H and O–H groups in total. The Bertz CT molecular complexity index is 1060. The number of methoxy groups -OCH3 is 1. The Hall–Kier alpha value is -2.83. The van der Waals surface area contributed by atoms with E-state index in [9.17, 15) is 14.4 Å². The Balaban J connectivity index is 1.89. The second-order valence-corrected chi connectivity index (χ2v) is 6.88. The van der Waals surface area contributed by atoms with E-state index in [1.165, 1.54) is 19.4 Å². The fourth-order valence-electron chi connectivity index (χ4n) is 2.92. The Morgan fingerprint density at radius 3 is 2.72 bits per heavy atom. The quantitative estimate of drug-likeness (QED) is 0.156. The summed E-state index contributed by atoms with van der Waals surface area (Å²) in [5, 5.41) is 3.72. The number of carbonyl (C=O) groups is 1. The van der Waals surface area contributed by atoms with Gasteiger partial charge in [-0.3, -0.25) is 14.3 Å². The van der Waals surface area contributed by atoms with Crippen LogP contribution in [0.2, 0.25) is 0 Å². The lowest BCUT2D eigenvalue weighted by Crippen LogP contribution is -2.41. The maximum Gasteiger partial charge on any atom is 0.338 e. The van der Waals surface area contributed by atoms with Gasteiger partial charge in [-0.2, -0.15) is 0 Å². The minimum Gasteiger partial charge on any atom is -0.497 e. The van der Waals surface area contributed by atoms with E-state index in [1.54, 1.807) is 24.3 Å². The molecule has 1 aromatic carbocycles. The van der Waals surface area contributed by atoms with Crippen LogP contribution in [0.4, 0.5) is 0 Å². The zero-order valence-corrected chi connectivity index (χ0v) is 17.3. The number of halogens is 1. The van der Waals surface area contributed by atoms with Crippen molar-refractivity contribution in [3.63, 3.8) is 0 Å². The third kappa shape index (κ3) is 4.28. The summed E-state index contributed by atoms with van der Waals surface area (Å²) in [5.41, 5.74) is 6.54. The average molecular weight is 513 g/mol. The Kier molecular flexibility index (Phi) is 6.25. The van der Waals surface area contributed by atoms with Crippen molar-refractivity contribution in [3.8, 4) is 5.75 Å². The van der Waals surface area contributed by atoms with Crippen molar-refractivity contribution < 1.29 is 19.0 Å². The molecule has 0 unspecified atom stereocenters. The predicted molar refractivity (Wildman–Crippen MR) is 109 cm³/mol. The Morgan fingerprint density at radius 1 is 1.41 bits per heavy atom. The lowest BCUT2D eigenvalue weighted by Gasteiger charge is -2.27. The second-order valence-electron chi connectivity index (χ2n) is 6.12. The standard InChI is InChI=1S/C17H16IN5O6/c1-27-11-4-2-10(3-5-11)15(25)28-12-8-14(29-17(12,9-18)21-22-19)23-7-6-13(24)20-16(23)26/h2-7,12,14H,8-9H2,1H3,(H,20,24,26)/t12-,14+,17+/m0/s1. The summed E-state index contributed by atoms with van der Waals surface area (Å²) in [6.07, 6.45) is -0.523. The molecule has 3 rings (SSSR count). The zero-order chi connectivity index (χ0) is 21.0. The average Bonchev–Trinajstić information content (AvgIpc) is 3.06. The normalized spacial score (nSPS) is 23.2. The third-order valence-electron chi connectivity index (χ3n) is 4.40. The topological polar surface area (TPSA) is 148 Å². The van der Waals surface area contributed by atoms with Gasteiger partial charge in [0, 0.05) is 28.0 Å². The van der Waals surface area contributed by atoms with E-state index in [-0.39, 0.29) is 16.4 Å². The van der Waals surface area contributed by atoms with Crippen molar-refractivity contribution in [2.75, 3.05) is 11.5 Å². The maximum absolute atomic E-state index is 12.6. The molecule has 1 fully saturated rings. The van der Waals surface area contributed by atoms with Crippen molar-refractivity contribution in [1.29, 1.82) is 0 Å². The largest absolute Gasteiger partial charge is 0.497 e. The fraction of sp³-hybridized carbons (Fsp3) is 0.353. The number of nitrogens with zero attached hydrogens (tertiary/aromatic N) is 4. The lowest BCUT2D eigenvalue weighted by molar-refractivity contribution is -0.0865. The van der Waals surface area contributed by atoms with E-state index in [1.807, 2.05) is 22.6 Å². The summed E-state index contributed by atoms with van der Waals surface area (Å²) in [6.45, 7) is 0. The van der Waals surface area contributed by atoms with Crippen LogP contribution in [0, 0.1) is 0 Å². The van der Waals surface area contributed by atoms with Crippen molar-refractivity contribution in [3.05, 3.63) is 73.4 Å². The molecule has 0 amide bonds. The summed E-state index contributed by atoms with van der Waals surface area (Å²) in [5.74, 6) is -0.0583. The van der Waals surface area contributed by atoms with Crippen LogP contribution in [0.1, 0.15) is 23.0 Å². The van der Waals surface area contributed by atoms with Crippen molar-refractivity contribution in [2.45, 2.75) is 24.5 Å². The van der Waals surface area contributed by atoms with Gasteiger partial charge in [0.05, 0.1) is 12.7 Å². The molecule has 0 bridgehead atoms. The van der Waals surface area contributed by atoms with E-state index in [0.29, 0.717) is 5.75 Å². The number of aromatic nitrogens is 2. The number of H-pyrrole nitrogens is 1. The minimum absolute atomic E-state index is 0.0515. The van der Waals surface area contributed by atoms with Crippen molar-refractivity contribution in [2.24, 2.45) is 5.11 Å². The number of benzene rings is 1. The summed E-state index contributed by atoms with van der Waals surface area (Å²) in [4.78, 5) is 40.9. The molecule has 152 valence electrons. The van der Waals surface area contributed by atoms with Gasteiger partial charge >= 0.3 is 11.7 Å². The van der Waals surface area contributed by atoms with Gasteiger partial charge < -0.3 is 14.2 Å². The molecule has 29 heavy (non-hydrogen) atoms. The first-order valence-electron chi connectivity index (χ1n) is 8.39. The van der Waals surface area contributed by atoms with E-state index >= 15 is 0 Å². The molecule has 2 aromatic rings. The van der Waals surface area contributed by atoms with Gasteiger partial charge in [-0.25, -0.2) is 9.59 Å². The van der Waals surface area contributed by atoms with Crippen LogP contribution >= 0.6 is 22.6 Å². The molecule has 12 heteroatoms. The highest BCUT2D eigenvalue weighted by molar-refractivity contribution is 14.1. The Labute approximate surface area is 177 Å². The predicted octanol–water partition coefficient (Wildman–Crippen LogP) is 2.13. The molecule has 0 saturated carbocycles. The Morgan fingerprint density at radius 2 is 2.14 bits per heavy atom. The van der Waals surface area contributed by atoms with Crippen LogP contribution in [0.5, 0.6) is 5.75 Å². The number of rotatable bonds is 6. The first-order chi connectivity index (χ1) is 13.9. The number of nitrogens with one attached hydrogen (secondary N) is 1. The van der Waals surface area contributed by atoms with Crippen molar-refractivity contribution >= 4 is 28.6 Å². The van der Waals surface area contributed by atoms with Gasteiger partial charge in [-0.1, -0.05) is 27.7 Å². The minimum atomic E-state index is -1.50. The molecule has 0 radical (unpaired) electrons. The van der Waals surface area contributed by atoms with Gasteiger partial charge in [0.2, 0.25) is 0 Å². The summed E-state index contributed by atoms with van der Waals surface area (Å²) >= 11 is 1.95. The van der Waals surface area contributed by atoms with Gasteiger partial charge in [-0.05, 0) is 29.8 Å².